The second kappa shape index (κ2) is 7.29. The van der Waals surface area contributed by atoms with E-state index in [1.165, 1.54) is 0 Å². The van der Waals surface area contributed by atoms with Crippen molar-refractivity contribution in [2.45, 2.75) is 27.3 Å². The molecule has 5 heteroatoms. The van der Waals surface area contributed by atoms with Crippen LogP contribution in [0, 0.1) is 20.8 Å². The van der Waals surface area contributed by atoms with Gasteiger partial charge in [-0.25, -0.2) is 0 Å². The summed E-state index contributed by atoms with van der Waals surface area (Å²) >= 11 is 5.90. The van der Waals surface area contributed by atoms with Gasteiger partial charge in [0.05, 0.1) is 0 Å². The van der Waals surface area contributed by atoms with Crippen LogP contribution in [0.15, 0.2) is 36.4 Å². The van der Waals surface area contributed by atoms with Crippen LogP contribution in [0.5, 0.6) is 0 Å². The van der Waals surface area contributed by atoms with Crippen molar-refractivity contribution in [1.82, 2.24) is 5.32 Å². The summed E-state index contributed by atoms with van der Waals surface area (Å²) in [5.41, 5.74) is 4.59. The fourth-order valence-corrected chi connectivity index (χ4v) is 2.38. The number of halogens is 1. The van der Waals surface area contributed by atoms with E-state index in [0.29, 0.717) is 17.3 Å². The molecule has 0 saturated carbocycles. The first kappa shape index (κ1) is 17.0. The third-order valence-electron chi connectivity index (χ3n) is 3.59. The molecule has 2 rings (SSSR count). The number of nitrogens with one attached hydrogen (secondary N) is 2. The molecule has 2 aromatic carbocycles. The number of anilines is 1. The highest BCUT2D eigenvalue weighted by atomic mass is 35.5. The number of hydrogen-bond acceptors (Lipinski definition) is 2. The van der Waals surface area contributed by atoms with Crippen LogP contribution in [0.4, 0.5) is 5.69 Å². The number of benzene rings is 2. The van der Waals surface area contributed by atoms with Crippen molar-refractivity contribution in [2.24, 2.45) is 0 Å². The Morgan fingerprint density at radius 1 is 0.957 bits per heavy atom. The van der Waals surface area contributed by atoms with Crippen LogP contribution in [-0.2, 0) is 16.1 Å². The van der Waals surface area contributed by atoms with Gasteiger partial charge in [0.2, 0.25) is 0 Å². The highest BCUT2D eigenvalue weighted by molar-refractivity contribution is 6.40. The van der Waals surface area contributed by atoms with Gasteiger partial charge in [-0.3, -0.25) is 9.59 Å². The van der Waals surface area contributed by atoms with E-state index in [-0.39, 0.29) is 0 Å². The second-order valence-electron chi connectivity index (χ2n) is 5.53. The molecule has 2 N–H and O–H groups in total. The number of carbonyl (C=O) groups is 2. The largest absolute Gasteiger partial charge is 0.344 e. The molecule has 0 aromatic heterocycles. The molecule has 0 aliphatic rings. The molecule has 0 saturated heterocycles. The van der Waals surface area contributed by atoms with Crippen LogP contribution in [0.25, 0.3) is 0 Å². The number of amides is 2. The molecule has 0 fully saturated rings. The normalized spacial score (nSPS) is 10.3. The van der Waals surface area contributed by atoms with Gasteiger partial charge in [0.15, 0.2) is 0 Å². The predicted octanol–water partition coefficient (Wildman–Crippen LogP) is 3.52. The van der Waals surface area contributed by atoms with Crippen molar-refractivity contribution in [1.29, 1.82) is 0 Å². The quantitative estimate of drug-likeness (QED) is 0.846. The summed E-state index contributed by atoms with van der Waals surface area (Å²) in [5.74, 6) is -1.38. The molecule has 0 aliphatic heterocycles. The zero-order chi connectivity index (χ0) is 17.0. The highest BCUT2D eigenvalue weighted by Crippen LogP contribution is 2.20. The minimum atomic E-state index is -0.708. The van der Waals surface area contributed by atoms with Crippen molar-refractivity contribution < 1.29 is 9.59 Å². The Morgan fingerprint density at radius 2 is 1.70 bits per heavy atom. The number of rotatable bonds is 3. The molecule has 0 heterocycles. The van der Waals surface area contributed by atoms with Crippen LogP contribution < -0.4 is 10.6 Å². The van der Waals surface area contributed by atoms with Gasteiger partial charge < -0.3 is 10.6 Å². The molecular formula is C18H19ClN2O2. The van der Waals surface area contributed by atoms with Gasteiger partial charge in [0.1, 0.15) is 0 Å². The molecule has 4 nitrogen and oxygen atoms in total. The SMILES string of the molecule is Cc1ccc(CNC(=O)C(=O)Nc2cc(Cl)ccc2C)c(C)c1. The van der Waals surface area contributed by atoms with Crippen LogP contribution in [0.2, 0.25) is 5.02 Å². The Balaban J connectivity index is 1.97. The van der Waals surface area contributed by atoms with Gasteiger partial charge in [0.25, 0.3) is 0 Å². The van der Waals surface area contributed by atoms with Gasteiger partial charge in [-0.15, -0.1) is 0 Å². The summed E-state index contributed by atoms with van der Waals surface area (Å²) < 4.78 is 0. The zero-order valence-corrected chi connectivity index (χ0v) is 14.1. The minimum Gasteiger partial charge on any atom is -0.344 e. The maximum Gasteiger partial charge on any atom is 0.313 e. The van der Waals surface area contributed by atoms with Crippen molar-refractivity contribution in [3.63, 3.8) is 0 Å². The van der Waals surface area contributed by atoms with E-state index in [2.05, 4.69) is 10.6 Å². The minimum absolute atomic E-state index is 0.312. The average Bonchev–Trinajstić information content (AvgIpc) is 2.49. The van der Waals surface area contributed by atoms with E-state index in [9.17, 15) is 9.59 Å². The summed E-state index contributed by atoms with van der Waals surface area (Å²) in [5, 5.41) is 5.71. The molecule has 0 spiro atoms. The molecule has 23 heavy (non-hydrogen) atoms. The molecule has 0 unspecified atom stereocenters. The Kier molecular flexibility index (Phi) is 5.40. The summed E-state index contributed by atoms with van der Waals surface area (Å²) in [6.45, 7) is 6.13. The first-order valence-corrected chi connectivity index (χ1v) is 7.66. The van der Waals surface area contributed by atoms with E-state index in [0.717, 1.165) is 22.3 Å². The van der Waals surface area contributed by atoms with E-state index >= 15 is 0 Å². The van der Waals surface area contributed by atoms with Crippen LogP contribution >= 0.6 is 11.6 Å². The van der Waals surface area contributed by atoms with E-state index in [4.69, 9.17) is 11.6 Å². The molecule has 120 valence electrons. The van der Waals surface area contributed by atoms with Gasteiger partial charge in [-0.2, -0.15) is 0 Å². The first-order valence-electron chi connectivity index (χ1n) is 7.28. The third-order valence-corrected chi connectivity index (χ3v) is 3.83. The summed E-state index contributed by atoms with van der Waals surface area (Å²) in [6, 6.07) is 11.1. The smallest absolute Gasteiger partial charge is 0.313 e. The predicted molar refractivity (Wildman–Crippen MR) is 92.6 cm³/mol. The number of carbonyl (C=O) groups excluding carboxylic acids is 2. The highest BCUT2D eigenvalue weighted by Gasteiger charge is 2.15. The molecular weight excluding hydrogens is 312 g/mol. The van der Waals surface area contributed by atoms with Gasteiger partial charge in [-0.05, 0) is 49.6 Å². The first-order chi connectivity index (χ1) is 10.9. The maximum atomic E-state index is 12.0. The average molecular weight is 331 g/mol. The Bertz CT molecular complexity index is 757. The molecule has 0 atom stereocenters. The van der Waals surface area contributed by atoms with Crippen molar-refractivity contribution in [3.8, 4) is 0 Å². The number of hydrogen-bond donors (Lipinski definition) is 2. The van der Waals surface area contributed by atoms with Crippen LogP contribution in [0.3, 0.4) is 0 Å². The second-order valence-corrected chi connectivity index (χ2v) is 5.96. The lowest BCUT2D eigenvalue weighted by Crippen LogP contribution is -2.35. The summed E-state index contributed by atoms with van der Waals surface area (Å²) in [6.07, 6.45) is 0. The monoisotopic (exact) mass is 330 g/mol. The fourth-order valence-electron chi connectivity index (χ4n) is 2.21. The Morgan fingerprint density at radius 3 is 2.39 bits per heavy atom. The van der Waals surface area contributed by atoms with E-state index in [1.54, 1.807) is 18.2 Å². The number of aryl methyl sites for hydroxylation is 3. The molecule has 2 aromatic rings. The van der Waals surface area contributed by atoms with Crippen LogP contribution in [0.1, 0.15) is 22.3 Å². The van der Waals surface area contributed by atoms with Gasteiger partial charge >= 0.3 is 11.8 Å². The Hall–Kier alpha value is -2.33. The van der Waals surface area contributed by atoms with Crippen molar-refractivity contribution in [3.05, 3.63) is 63.7 Å². The summed E-state index contributed by atoms with van der Waals surface area (Å²) in [4.78, 5) is 23.9. The Labute approximate surface area is 140 Å². The van der Waals surface area contributed by atoms with Crippen molar-refractivity contribution in [2.75, 3.05) is 5.32 Å². The van der Waals surface area contributed by atoms with Crippen LogP contribution in [-0.4, -0.2) is 11.8 Å². The lowest BCUT2D eigenvalue weighted by atomic mass is 10.1. The lowest BCUT2D eigenvalue weighted by Gasteiger charge is -2.10. The molecule has 0 aliphatic carbocycles. The maximum absolute atomic E-state index is 12.0. The fraction of sp³-hybridized carbons (Fsp3) is 0.222. The molecule has 2 amide bonds. The lowest BCUT2D eigenvalue weighted by molar-refractivity contribution is -0.136. The van der Waals surface area contributed by atoms with E-state index < -0.39 is 11.8 Å². The summed E-state index contributed by atoms with van der Waals surface area (Å²) in [7, 11) is 0. The molecule has 0 radical (unpaired) electrons. The van der Waals surface area contributed by atoms with Crippen molar-refractivity contribution >= 4 is 29.1 Å². The zero-order valence-electron chi connectivity index (χ0n) is 13.4. The molecule has 0 bridgehead atoms. The van der Waals surface area contributed by atoms with Gasteiger partial charge in [0, 0.05) is 17.3 Å². The van der Waals surface area contributed by atoms with E-state index in [1.807, 2.05) is 39.0 Å². The standard InChI is InChI=1S/C18H19ClN2O2/c1-11-4-6-14(13(3)8-11)10-20-17(22)18(23)21-16-9-15(19)7-5-12(16)2/h4-9H,10H2,1-3H3,(H,20,22)(H,21,23). The topological polar surface area (TPSA) is 58.2 Å². The van der Waals surface area contributed by atoms with Gasteiger partial charge in [-0.1, -0.05) is 41.4 Å². The third kappa shape index (κ3) is 4.57.